The van der Waals surface area contributed by atoms with Crippen LogP contribution in [0.25, 0.3) is 5.57 Å². The van der Waals surface area contributed by atoms with Crippen molar-refractivity contribution >= 4 is 11.5 Å². The van der Waals surface area contributed by atoms with Gasteiger partial charge in [-0.2, -0.15) is 0 Å². The summed E-state index contributed by atoms with van der Waals surface area (Å²) in [5.41, 5.74) is 3.62. The average molecular weight is 534 g/mol. The first-order chi connectivity index (χ1) is 18.8. The molecule has 1 saturated carbocycles. The maximum atomic E-state index is 12.9. The summed E-state index contributed by atoms with van der Waals surface area (Å²) < 4.78 is 17.9. The zero-order valence-electron chi connectivity index (χ0n) is 24.6. The maximum Gasteiger partial charge on any atom is 0.308 e. The fourth-order valence-electron chi connectivity index (χ4n) is 6.20. The average Bonchev–Trinajstić information content (AvgIpc) is 2.94. The van der Waals surface area contributed by atoms with E-state index >= 15 is 0 Å². The van der Waals surface area contributed by atoms with Crippen LogP contribution in [0.1, 0.15) is 70.9 Å². The molecule has 3 unspecified atom stereocenters. The van der Waals surface area contributed by atoms with Gasteiger partial charge in [-0.3, -0.25) is 4.79 Å². The zero-order chi connectivity index (χ0) is 27.8. The van der Waals surface area contributed by atoms with Gasteiger partial charge in [0.1, 0.15) is 5.60 Å². The Balaban J connectivity index is 1.38. The Morgan fingerprint density at radius 1 is 1.00 bits per heavy atom. The molecule has 1 fully saturated rings. The van der Waals surface area contributed by atoms with E-state index < -0.39 is 5.60 Å². The number of esters is 1. The Hall–Kier alpha value is -2.79. The van der Waals surface area contributed by atoms with E-state index in [1.807, 2.05) is 33.8 Å². The third-order valence-electron chi connectivity index (χ3n) is 8.33. The predicted octanol–water partition coefficient (Wildman–Crippen LogP) is 7.19. The van der Waals surface area contributed by atoms with Gasteiger partial charge in [-0.25, -0.2) is 0 Å². The van der Waals surface area contributed by atoms with Crippen molar-refractivity contribution in [1.29, 1.82) is 0 Å². The van der Waals surface area contributed by atoms with Crippen LogP contribution in [0.4, 0.5) is 0 Å². The molecular weight excluding hydrogens is 486 g/mol. The van der Waals surface area contributed by atoms with E-state index in [9.17, 15) is 4.79 Å². The lowest BCUT2D eigenvalue weighted by Gasteiger charge is -2.50. The summed E-state index contributed by atoms with van der Waals surface area (Å²) in [7, 11) is 2.19. The standard InChI is InChI=1S/C34H47NO4/c1-6-37-31-18-15-26(22-32(31)38-7-2)12-11-20-35(5)21-19-34(39-33(36)25(3)4)24-28-16-17-29(34)23-30(28)27-13-9-8-10-14-27/h8-10,13-15,18,22-23,25,28-29H,6-7,11-12,16-17,19-21,24H2,1-5H3. The van der Waals surface area contributed by atoms with Crippen LogP contribution in [-0.4, -0.2) is 49.8 Å². The van der Waals surface area contributed by atoms with Gasteiger partial charge in [0.25, 0.3) is 0 Å². The monoisotopic (exact) mass is 533 g/mol. The molecule has 3 aliphatic rings. The summed E-state index contributed by atoms with van der Waals surface area (Å²) in [5.74, 6) is 2.17. The fourth-order valence-corrected chi connectivity index (χ4v) is 6.20. The van der Waals surface area contributed by atoms with E-state index in [2.05, 4.69) is 60.5 Å². The largest absolute Gasteiger partial charge is 0.490 e. The van der Waals surface area contributed by atoms with Crippen molar-refractivity contribution in [3.63, 3.8) is 0 Å². The molecule has 212 valence electrons. The second kappa shape index (κ2) is 13.5. The molecule has 0 N–H and O–H groups in total. The normalized spacial score (nSPS) is 22.2. The van der Waals surface area contributed by atoms with Crippen molar-refractivity contribution in [2.24, 2.45) is 17.8 Å². The Morgan fingerprint density at radius 2 is 1.74 bits per heavy atom. The number of rotatable bonds is 14. The molecule has 2 bridgehead atoms. The number of ether oxygens (including phenoxy) is 3. The summed E-state index contributed by atoms with van der Waals surface area (Å²) in [6, 6.07) is 17.0. The molecule has 2 aromatic carbocycles. The number of aryl methyl sites for hydroxylation is 1. The number of nitrogens with zero attached hydrogens (tertiary/aromatic N) is 1. The molecule has 5 heteroatoms. The van der Waals surface area contributed by atoms with Gasteiger partial charge >= 0.3 is 5.97 Å². The lowest BCUT2D eigenvalue weighted by molar-refractivity contribution is -0.176. The second-order valence-corrected chi connectivity index (χ2v) is 11.5. The van der Waals surface area contributed by atoms with Crippen LogP contribution in [-0.2, 0) is 16.0 Å². The Kier molecular flexibility index (Phi) is 10.1. The smallest absolute Gasteiger partial charge is 0.308 e. The van der Waals surface area contributed by atoms with Gasteiger partial charge in [-0.05, 0) is 94.3 Å². The highest BCUT2D eigenvalue weighted by atomic mass is 16.6. The molecule has 3 atom stereocenters. The molecule has 0 radical (unpaired) electrons. The molecule has 0 aromatic heterocycles. The molecule has 0 spiro atoms. The van der Waals surface area contributed by atoms with Crippen LogP contribution < -0.4 is 9.47 Å². The van der Waals surface area contributed by atoms with E-state index in [1.165, 1.54) is 23.1 Å². The second-order valence-electron chi connectivity index (χ2n) is 11.5. The minimum absolute atomic E-state index is 0.0690. The third-order valence-corrected chi connectivity index (χ3v) is 8.33. The number of carbonyl (C=O) groups is 1. The highest BCUT2D eigenvalue weighted by Gasteiger charge is 2.50. The molecule has 0 saturated heterocycles. The number of benzene rings is 2. The van der Waals surface area contributed by atoms with Gasteiger partial charge in [0, 0.05) is 18.9 Å². The zero-order valence-corrected chi connectivity index (χ0v) is 24.6. The molecule has 2 aromatic rings. The molecule has 5 rings (SSSR count). The molecule has 0 heterocycles. The van der Waals surface area contributed by atoms with E-state index in [4.69, 9.17) is 14.2 Å². The Morgan fingerprint density at radius 3 is 2.41 bits per heavy atom. The van der Waals surface area contributed by atoms with Crippen molar-refractivity contribution in [3.05, 3.63) is 65.7 Å². The summed E-state index contributed by atoms with van der Waals surface area (Å²) in [6.07, 6.45) is 8.54. The number of fused-ring (bicyclic) bond motifs is 2. The molecule has 0 amide bonds. The van der Waals surface area contributed by atoms with E-state index in [0.29, 0.717) is 19.1 Å². The first-order valence-electron chi connectivity index (χ1n) is 14.9. The molecule has 3 aliphatic carbocycles. The Labute approximate surface area is 235 Å². The van der Waals surface area contributed by atoms with Gasteiger partial charge < -0.3 is 19.1 Å². The van der Waals surface area contributed by atoms with Crippen molar-refractivity contribution in [2.75, 3.05) is 33.4 Å². The number of hydrogen-bond acceptors (Lipinski definition) is 5. The molecule has 5 nitrogen and oxygen atoms in total. The lowest BCUT2D eigenvalue weighted by Crippen LogP contribution is -2.51. The summed E-state index contributed by atoms with van der Waals surface area (Å²) >= 11 is 0. The quantitative estimate of drug-likeness (QED) is 0.241. The number of carbonyl (C=O) groups excluding carboxylic acids is 1. The van der Waals surface area contributed by atoms with Crippen LogP contribution in [0, 0.1) is 17.8 Å². The van der Waals surface area contributed by atoms with Crippen LogP contribution in [0.3, 0.4) is 0 Å². The maximum absolute atomic E-state index is 12.9. The Bertz CT molecular complexity index is 1110. The number of allylic oxidation sites excluding steroid dienone is 1. The van der Waals surface area contributed by atoms with E-state index in [-0.39, 0.29) is 17.8 Å². The van der Waals surface area contributed by atoms with Crippen molar-refractivity contribution in [2.45, 2.75) is 71.8 Å². The molecule has 39 heavy (non-hydrogen) atoms. The fraction of sp³-hybridized carbons (Fsp3) is 0.559. The molecule has 0 aliphatic heterocycles. The van der Waals surface area contributed by atoms with Gasteiger partial charge in [0.05, 0.1) is 19.1 Å². The summed E-state index contributed by atoms with van der Waals surface area (Å²) in [4.78, 5) is 15.3. The van der Waals surface area contributed by atoms with Crippen LogP contribution in [0.15, 0.2) is 54.6 Å². The minimum Gasteiger partial charge on any atom is -0.490 e. The molecular formula is C34H47NO4. The third kappa shape index (κ3) is 7.25. The van der Waals surface area contributed by atoms with E-state index in [1.54, 1.807) is 0 Å². The van der Waals surface area contributed by atoms with Gasteiger partial charge in [0.15, 0.2) is 11.5 Å². The highest BCUT2D eigenvalue weighted by molar-refractivity contribution is 5.73. The first-order valence-corrected chi connectivity index (χ1v) is 14.9. The van der Waals surface area contributed by atoms with E-state index in [0.717, 1.165) is 56.7 Å². The van der Waals surface area contributed by atoms with Crippen LogP contribution in [0.2, 0.25) is 0 Å². The topological polar surface area (TPSA) is 48.0 Å². The predicted molar refractivity (Wildman–Crippen MR) is 158 cm³/mol. The highest BCUT2D eigenvalue weighted by Crippen LogP contribution is 2.53. The van der Waals surface area contributed by atoms with Crippen LogP contribution >= 0.6 is 0 Å². The SMILES string of the molecule is CCOc1ccc(CCCN(C)CCC2(OC(=O)C(C)C)CC3CCC2C=C3c2ccccc2)cc1OCC. The lowest BCUT2D eigenvalue weighted by atomic mass is 9.60. The van der Waals surface area contributed by atoms with Gasteiger partial charge in [0.2, 0.25) is 0 Å². The van der Waals surface area contributed by atoms with Crippen molar-refractivity contribution in [3.8, 4) is 11.5 Å². The minimum atomic E-state index is -0.404. The van der Waals surface area contributed by atoms with Gasteiger partial charge in [-0.1, -0.05) is 56.3 Å². The first kappa shape index (κ1) is 29.2. The summed E-state index contributed by atoms with van der Waals surface area (Å²) in [6.45, 7) is 11.0. The van der Waals surface area contributed by atoms with Crippen LogP contribution in [0.5, 0.6) is 11.5 Å². The summed E-state index contributed by atoms with van der Waals surface area (Å²) in [5, 5.41) is 0. The van der Waals surface area contributed by atoms with Crippen molar-refractivity contribution in [1.82, 2.24) is 4.90 Å². The number of hydrogen-bond donors (Lipinski definition) is 0. The van der Waals surface area contributed by atoms with Crippen molar-refractivity contribution < 1.29 is 19.0 Å². The van der Waals surface area contributed by atoms with Gasteiger partial charge in [-0.15, -0.1) is 0 Å².